The van der Waals surface area contributed by atoms with Crippen LogP contribution in [-0.4, -0.2) is 161 Å². The second kappa shape index (κ2) is 39.6. The number of aliphatic hydroxyl groups excluding tert-OH is 10. The van der Waals surface area contributed by atoms with Gasteiger partial charge in [0, 0.05) is 0 Å². The Morgan fingerprint density at radius 3 is 1.05 bits per heavy atom. The molecule has 0 heterocycles. The van der Waals surface area contributed by atoms with Crippen molar-refractivity contribution in [2.24, 2.45) is 0 Å². The first-order valence-corrected chi connectivity index (χ1v) is 15.7. The van der Waals surface area contributed by atoms with E-state index in [2.05, 4.69) is 6.92 Å². The van der Waals surface area contributed by atoms with Crippen LogP contribution in [0.25, 0.3) is 0 Å². The van der Waals surface area contributed by atoms with Crippen LogP contribution in [0.3, 0.4) is 0 Å². The Balaban J connectivity index is -0.000000128. The first-order chi connectivity index (χ1) is 17.8. The molecule has 0 bridgehead atoms. The molecule has 0 saturated heterocycles. The third-order valence-corrected chi connectivity index (χ3v) is 5.10. The summed E-state index contributed by atoms with van der Waals surface area (Å²) in [5.74, 6) is 0. The SMILES string of the molecule is CCCCCCCCCCC[CH2][Na].O=S(=O)(O)O.OCC(O)C(O)C(O)CO.OCC(O)CO.OCCO. The second-order valence-corrected chi connectivity index (χ2v) is 9.98. The first kappa shape index (κ1) is 48.2. The van der Waals surface area contributed by atoms with Crippen molar-refractivity contribution in [2.75, 3.05) is 39.6 Å². The smallest absolute Gasteiger partial charge is 0.394 e. The molecule has 2 unspecified atom stereocenters. The van der Waals surface area contributed by atoms with E-state index in [1.807, 2.05) is 0 Å². The van der Waals surface area contributed by atoms with Gasteiger partial charge in [0.05, 0.1) is 39.6 Å². The Labute approximate surface area is 245 Å². The van der Waals surface area contributed by atoms with Gasteiger partial charge in [-0.05, 0) is 0 Å². The molecule has 0 aromatic rings. The van der Waals surface area contributed by atoms with Crippen molar-refractivity contribution in [1.82, 2.24) is 0 Å². The van der Waals surface area contributed by atoms with E-state index >= 15 is 0 Å². The molecule has 0 amide bonds. The van der Waals surface area contributed by atoms with Crippen molar-refractivity contribution in [3.05, 3.63) is 0 Å². The van der Waals surface area contributed by atoms with E-state index in [4.69, 9.17) is 68.6 Å². The largest absolute Gasteiger partial charge is 0.394 e. The molecule has 0 spiro atoms. The van der Waals surface area contributed by atoms with E-state index in [-0.39, 0.29) is 26.4 Å². The van der Waals surface area contributed by atoms with Crippen LogP contribution in [-0.2, 0) is 10.4 Å². The minimum Gasteiger partial charge on any atom is -0.394 e. The van der Waals surface area contributed by atoms with Crippen molar-refractivity contribution in [2.45, 2.75) is 99.2 Å². The number of aliphatic hydroxyl groups is 10. The van der Waals surface area contributed by atoms with Gasteiger partial charge in [-0.3, -0.25) is 9.11 Å². The average molecular weight is 597 g/mol. The molecule has 0 radical (unpaired) electrons. The van der Waals surface area contributed by atoms with Crippen molar-refractivity contribution in [1.29, 1.82) is 0 Å². The maximum absolute atomic E-state index is 8.77. The van der Waals surface area contributed by atoms with Crippen LogP contribution in [0.1, 0.15) is 71.1 Å². The molecule has 0 aromatic heterocycles. The maximum Gasteiger partial charge on any atom is 0.394 e. The van der Waals surface area contributed by atoms with Gasteiger partial charge in [0.2, 0.25) is 0 Å². The zero-order valence-electron chi connectivity index (χ0n) is 22.9. The van der Waals surface area contributed by atoms with E-state index in [1.165, 1.54) is 95.8 Å². The predicted molar refractivity (Wildman–Crippen MR) is 143 cm³/mol. The second-order valence-electron chi connectivity index (χ2n) is 8.09. The number of hydrogen-bond donors (Lipinski definition) is 12. The van der Waals surface area contributed by atoms with Crippen molar-refractivity contribution >= 4 is 38.3 Å². The predicted octanol–water partition coefficient (Wildman–Crippen LogP) is -1.80. The third kappa shape index (κ3) is 60.8. The van der Waals surface area contributed by atoms with Crippen LogP contribution in [0.2, 0.25) is 3.67 Å². The van der Waals surface area contributed by atoms with E-state index in [1.54, 1.807) is 0 Å². The molecule has 0 saturated carbocycles. The van der Waals surface area contributed by atoms with Gasteiger partial charge in [-0.15, -0.1) is 0 Å². The zero-order valence-corrected chi connectivity index (χ0v) is 25.7. The van der Waals surface area contributed by atoms with Gasteiger partial charge in [0.1, 0.15) is 24.4 Å². The zero-order chi connectivity index (χ0) is 30.8. The standard InChI is InChI=1S/C12H25.C5H12O5.C3H8O3.C2H6O2.Na.H2O4S/c1-3-5-7-9-11-12-10-8-6-4-2;6-1-3(8)5(10)4(9)2-7;4-1-3(6)2-5;3-1-2-4;;1-5(2,3)4/h1,3-12H2,2H3;3-10H,1-2H2;3-6H,1-2H2;3-4H,1-2H2;;(H2,1,2,3,4). The molecule has 0 aliphatic carbocycles. The van der Waals surface area contributed by atoms with Gasteiger partial charge in [-0.25, -0.2) is 0 Å². The first-order valence-electron chi connectivity index (χ1n) is 12.8. The fraction of sp³-hybridized carbons (Fsp3) is 1.00. The van der Waals surface area contributed by atoms with Crippen LogP contribution >= 0.6 is 0 Å². The van der Waals surface area contributed by atoms with Gasteiger partial charge in [0.15, 0.2) is 0 Å². The molecule has 0 aliphatic heterocycles. The summed E-state index contributed by atoms with van der Waals surface area (Å²) in [7, 11) is -4.67. The summed E-state index contributed by atoms with van der Waals surface area (Å²) in [5.41, 5.74) is 0. The molecule has 0 aromatic carbocycles. The molecular formula is C22H53NaO14S. The van der Waals surface area contributed by atoms with Crippen LogP contribution in [0.5, 0.6) is 0 Å². The van der Waals surface area contributed by atoms with E-state index in [0.717, 1.165) is 0 Å². The summed E-state index contributed by atoms with van der Waals surface area (Å²) in [6.07, 6.45) is 9.49. The molecule has 16 heteroatoms. The summed E-state index contributed by atoms with van der Waals surface area (Å²) in [4.78, 5) is 0. The molecule has 12 N–H and O–H groups in total. The van der Waals surface area contributed by atoms with Crippen molar-refractivity contribution in [3.8, 4) is 0 Å². The Bertz CT molecular complexity index is 468. The Hall–Kier alpha value is 0.470. The average Bonchev–Trinajstić information content (AvgIpc) is 2.90. The van der Waals surface area contributed by atoms with Gasteiger partial charge in [0.25, 0.3) is 0 Å². The summed E-state index contributed by atoms with van der Waals surface area (Å²) < 4.78 is 33.1. The quantitative estimate of drug-likeness (QED) is 0.0501. The van der Waals surface area contributed by atoms with Crippen molar-refractivity contribution < 1.29 is 68.6 Å². The van der Waals surface area contributed by atoms with E-state index < -0.39 is 48.0 Å². The van der Waals surface area contributed by atoms with Crippen LogP contribution in [0.4, 0.5) is 0 Å². The number of hydrogen-bond acceptors (Lipinski definition) is 12. The van der Waals surface area contributed by atoms with Crippen molar-refractivity contribution in [3.63, 3.8) is 0 Å². The Morgan fingerprint density at radius 2 is 0.868 bits per heavy atom. The molecule has 232 valence electrons. The molecule has 0 fully saturated rings. The Morgan fingerprint density at radius 1 is 0.579 bits per heavy atom. The topological polar surface area (TPSA) is 277 Å². The molecule has 2 atom stereocenters. The Kier molecular flexibility index (Phi) is 50.3. The maximum atomic E-state index is 8.77. The minimum absolute atomic E-state index is 0.125. The van der Waals surface area contributed by atoms with Gasteiger partial charge < -0.3 is 51.1 Å². The summed E-state index contributed by atoms with van der Waals surface area (Å²) >= 11 is 1.41. The summed E-state index contributed by atoms with van der Waals surface area (Å²) in [6.45, 7) is 0.0253. The van der Waals surface area contributed by atoms with Gasteiger partial charge >= 0.3 is 113 Å². The molecule has 0 rings (SSSR count). The van der Waals surface area contributed by atoms with Crippen LogP contribution in [0, 0.1) is 0 Å². The number of unbranched alkanes of at least 4 members (excludes halogenated alkanes) is 9. The van der Waals surface area contributed by atoms with E-state index in [0.29, 0.717) is 0 Å². The fourth-order valence-corrected chi connectivity index (χ4v) is 2.77. The third-order valence-electron chi connectivity index (χ3n) is 4.39. The minimum atomic E-state index is -4.67. The molecule has 0 aliphatic rings. The summed E-state index contributed by atoms with van der Waals surface area (Å²) in [5, 5.41) is 81.8. The number of rotatable bonds is 17. The van der Waals surface area contributed by atoms with Gasteiger partial charge in [-0.2, -0.15) is 8.42 Å². The summed E-state index contributed by atoms with van der Waals surface area (Å²) in [6, 6.07) is 0. The monoisotopic (exact) mass is 596 g/mol. The van der Waals surface area contributed by atoms with Gasteiger partial charge in [-0.1, -0.05) is 0 Å². The molecule has 14 nitrogen and oxygen atoms in total. The molecule has 38 heavy (non-hydrogen) atoms. The molecular weight excluding hydrogens is 543 g/mol. The van der Waals surface area contributed by atoms with Crippen LogP contribution < -0.4 is 0 Å². The van der Waals surface area contributed by atoms with E-state index in [9.17, 15) is 0 Å². The normalized spacial score (nSPS) is 12.8. The van der Waals surface area contributed by atoms with Crippen LogP contribution in [0.15, 0.2) is 0 Å². The fourth-order valence-electron chi connectivity index (χ4n) is 2.27.